The molecule has 0 unspecified atom stereocenters. The third-order valence-electron chi connectivity index (χ3n) is 5.45. The molecule has 1 aliphatic carbocycles. The van der Waals surface area contributed by atoms with Crippen LogP contribution in [0.5, 0.6) is 0 Å². The Morgan fingerprint density at radius 2 is 1.85 bits per heavy atom. The Bertz CT molecular complexity index is 901. The van der Waals surface area contributed by atoms with E-state index in [9.17, 15) is 9.90 Å². The van der Waals surface area contributed by atoms with Gasteiger partial charge in [-0.05, 0) is 30.0 Å². The van der Waals surface area contributed by atoms with E-state index >= 15 is 0 Å². The molecule has 4 heteroatoms. The second-order valence-electron chi connectivity index (χ2n) is 7.15. The second-order valence-corrected chi connectivity index (χ2v) is 7.15. The van der Waals surface area contributed by atoms with Gasteiger partial charge in [0.05, 0.1) is 5.92 Å². The Labute approximate surface area is 153 Å². The van der Waals surface area contributed by atoms with E-state index in [0.717, 1.165) is 25.8 Å². The van der Waals surface area contributed by atoms with Crippen molar-refractivity contribution in [1.82, 2.24) is 9.88 Å². The fourth-order valence-corrected chi connectivity index (χ4v) is 4.12. The summed E-state index contributed by atoms with van der Waals surface area (Å²) in [7, 11) is 0. The Morgan fingerprint density at radius 3 is 2.65 bits per heavy atom. The summed E-state index contributed by atoms with van der Waals surface area (Å²) in [4.78, 5) is 11.4. The number of para-hydroxylation sites is 1. The number of aromatic nitrogens is 1. The summed E-state index contributed by atoms with van der Waals surface area (Å²) in [6.07, 6.45) is 4.92. The third kappa shape index (κ3) is 3.37. The number of hydrogen-bond acceptors (Lipinski definition) is 2. The van der Waals surface area contributed by atoms with Crippen LogP contribution in [0.25, 0.3) is 10.9 Å². The van der Waals surface area contributed by atoms with Crippen molar-refractivity contribution >= 4 is 16.9 Å². The van der Waals surface area contributed by atoms with E-state index in [1.165, 1.54) is 22.0 Å². The first-order valence-corrected chi connectivity index (χ1v) is 9.29. The van der Waals surface area contributed by atoms with Crippen molar-refractivity contribution in [3.8, 4) is 0 Å². The number of hydrogen-bond donors (Lipinski definition) is 2. The Morgan fingerprint density at radius 1 is 1.08 bits per heavy atom. The SMILES string of the molecule is O=C(O)[C@@H]1CCC[C@@H]1NCc1cn(Cc2ccccc2)c2ccccc12. The van der Waals surface area contributed by atoms with Crippen LogP contribution < -0.4 is 5.32 Å². The minimum Gasteiger partial charge on any atom is -0.481 e. The maximum absolute atomic E-state index is 11.4. The van der Waals surface area contributed by atoms with E-state index in [-0.39, 0.29) is 12.0 Å². The van der Waals surface area contributed by atoms with Crippen LogP contribution in [0.15, 0.2) is 60.8 Å². The molecular formula is C22H24N2O2. The first-order valence-electron chi connectivity index (χ1n) is 9.29. The quantitative estimate of drug-likeness (QED) is 0.707. The summed E-state index contributed by atoms with van der Waals surface area (Å²) in [5.41, 5.74) is 3.72. The Balaban J connectivity index is 1.56. The minimum absolute atomic E-state index is 0.0729. The molecule has 2 atom stereocenters. The Hall–Kier alpha value is -2.59. The number of benzene rings is 2. The van der Waals surface area contributed by atoms with Crippen molar-refractivity contribution in [2.75, 3.05) is 0 Å². The van der Waals surface area contributed by atoms with Crippen molar-refractivity contribution in [1.29, 1.82) is 0 Å². The lowest BCUT2D eigenvalue weighted by Crippen LogP contribution is -2.35. The summed E-state index contributed by atoms with van der Waals surface area (Å²) in [6.45, 7) is 1.54. The average Bonchev–Trinajstić information content (AvgIpc) is 3.26. The lowest BCUT2D eigenvalue weighted by Gasteiger charge is -2.17. The van der Waals surface area contributed by atoms with E-state index in [0.29, 0.717) is 6.54 Å². The van der Waals surface area contributed by atoms with E-state index in [4.69, 9.17) is 0 Å². The molecule has 26 heavy (non-hydrogen) atoms. The van der Waals surface area contributed by atoms with Crippen LogP contribution in [0.4, 0.5) is 0 Å². The molecule has 0 spiro atoms. The second kappa shape index (κ2) is 7.34. The van der Waals surface area contributed by atoms with Crippen LogP contribution >= 0.6 is 0 Å². The summed E-state index contributed by atoms with van der Waals surface area (Å²) in [6, 6.07) is 19.0. The van der Waals surface area contributed by atoms with Gasteiger partial charge >= 0.3 is 5.97 Å². The topological polar surface area (TPSA) is 54.3 Å². The van der Waals surface area contributed by atoms with Crippen molar-refractivity contribution < 1.29 is 9.90 Å². The van der Waals surface area contributed by atoms with Crippen molar-refractivity contribution in [2.24, 2.45) is 5.92 Å². The van der Waals surface area contributed by atoms with Gasteiger partial charge in [-0.25, -0.2) is 0 Å². The fraction of sp³-hybridized carbons (Fsp3) is 0.318. The molecule has 134 valence electrons. The highest BCUT2D eigenvalue weighted by atomic mass is 16.4. The number of carbonyl (C=O) groups is 1. The molecule has 1 saturated carbocycles. The Kier molecular flexibility index (Phi) is 4.76. The van der Waals surface area contributed by atoms with Gasteiger partial charge in [0.1, 0.15) is 0 Å². The van der Waals surface area contributed by atoms with Crippen LogP contribution in [0.1, 0.15) is 30.4 Å². The highest BCUT2D eigenvalue weighted by molar-refractivity contribution is 5.84. The van der Waals surface area contributed by atoms with Crippen molar-refractivity contribution in [3.05, 3.63) is 71.9 Å². The largest absolute Gasteiger partial charge is 0.481 e. The van der Waals surface area contributed by atoms with Crippen molar-refractivity contribution in [3.63, 3.8) is 0 Å². The standard InChI is InChI=1S/C22H24N2O2/c25-22(26)19-10-6-11-20(19)23-13-17-15-24(14-16-7-2-1-3-8-16)21-12-5-4-9-18(17)21/h1-5,7-9,12,15,19-20,23H,6,10-11,13-14H2,(H,25,26)/t19-,20+/m1/s1. The molecule has 4 rings (SSSR count). The van der Waals surface area contributed by atoms with Gasteiger partial charge in [0.25, 0.3) is 0 Å². The molecule has 1 aliphatic rings. The number of nitrogens with one attached hydrogen (secondary N) is 1. The van der Waals surface area contributed by atoms with Crippen LogP contribution in [0.2, 0.25) is 0 Å². The molecule has 1 aromatic heterocycles. The molecule has 0 bridgehead atoms. The molecule has 0 aliphatic heterocycles. The van der Waals surface area contributed by atoms with E-state index in [2.05, 4.69) is 64.6 Å². The number of aliphatic carboxylic acids is 1. The van der Waals surface area contributed by atoms with Crippen LogP contribution in [0, 0.1) is 5.92 Å². The molecule has 1 fully saturated rings. The van der Waals surface area contributed by atoms with E-state index in [1.807, 2.05) is 6.07 Å². The summed E-state index contributed by atoms with van der Waals surface area (Å²) in [5, 5.41) is 14.1. The van der Waals surface area contributed by atoms with Gasteiger partial charge < -0.3 is 15.0 Å². The zero-order valence-corrected chi connectivity index (χ0v) is 14.8. The van der Waals surface area contributed by atoms with E-state index < -0.39 is 5.97 Å². The molecule has 4 nitrogen and oxygen atoms in total. The van der Waals surface area contributed by atoms with Crippen LogP contribution in [-0.4, -0.2) is 21.7 Å². The third-order valence-corrected chi connectivity index (χ3v) is 5.45. The fourth-order valence-electron chi connectivity index (χ4n) is 4.12. The van der Waals surface area contributed by atoms with Gasteiger partial charge in [0.15, 0.2) is 0 Å². The molecule has 2 N–H and O–H groups in total. The molecule has 0 amide bonds. The predicted octanol–water partition coefficient (Wildman–Crippen LogP) is 4.03. The molecule has 1 heterocycles. The number of nitrogens with zero attached hydrogens (tertiary/aromatic N) is 1. The molecule has 2 aromatic carbocycles. The van der Waals surface area contributed by atoms with Crippen LogP contribution in [0.3, 0.4) is 0 Å². The summed E-state index contributed by atoms with van der Waals surface area (Å²) in [5.74, 6) is -0.931. The monoisotopic (exact) mass is 348 g/mol. The van der Waals surface area contributed by atoms with Gasteiger partial charge in [0, 0.05) is 36.2 Å². The molecule has 0 saturated heterocycles. The number of carboxylic acid groups (broad SMARTS) is 1. The smallest absolute Gasteiger partial charge is 0.308 e. The maximum Gasteiger partial charge on any atom is 0.308 e. The maximum atomic E-state index is 11.4. The first-order chi connectivity index (χ1) is 12.7. The van der Waals surface area contributed by atoms with Gasteiger partial charge in [-0.1, -0.05) is 55.0 Å². The minimum atomic E-state index is -0.675. The predicted molar refractivity (Wildman–Crippen MR) is 103 cm³/mol. The number of rotatable bonds is 6. The van der Waals surface area contributed by atoms with Gasteiger partial charge in [-0.3, -0.25) is 4.79 Å². The highest BCUT2D eigenvalue weighted by Crippen LogP contribution is 2.27. The summed E-state index contributed by atoms with van der Waals surface area (Å²) >= 11 is 0. The zero-order chi connectivity index (χ0) is 17.9. The molecule has 3 aromatic rings. The van der Waals surface area contributed by atoms with E-state index in [1.54, 1.807) is 0 Å². The lowest BCUT2D eigenvalue weighted by atomic mass is 10.0. The van der Waals surface area contributed by atoms with Gasteiger partial charge in [-0.15, -0.1) is 0 Å². The highest BCUT2D eigenvalue weighted by Gasteiger charge is 2.32. The zero-order valence-electron chi connectivity index (χ0n) is 14.8. The van der Waals surface area contributed by atoms with Crippen LogP contribution in [-0.2, 0) is 17.9 Å². The summed E-state index contributed by atoms with van der Waals surface area (Å²) < 4.78 is 2.28. The van der Waals surface area contributed by atoms with Gasteiger partial charge in [-0.2, -0.15) is 0 Å². The molecule has 0 radical (unpaired) electrons. The lowest BCUT2D eigenvalue weighted by molar-refractivity contribution is -0.142. The average molecular weight is 348 g/mol. The molecular weight excluding hydrogens is 324 g/mol. The number of fused-ring (bicyclic) bond motifs is 1. The van der Waals surface area contributed by atoms with Gasteiger partial charge in [0.2, 0.25) is 0 Å². The van der Waals surface area contributed by atoms with Crippen molar-refractivity contribution in [2.45, 2.75) is 38.4 Å². The number of carboxylic acids is 1. The normalized spacial score (nSPS) is 19.8. The first kappa shape index (κ1) is 16.9.